The molecule has 6 heteroatoms. The predicted octanol–water partition coefficient (Wildman–Crippen LogP) is 6.05. The minimum absolute atomic E-state index is 0.423. The van der Waals surface area contributed by atoms with Crippen molar-refractivity contribution < 1.29 is 9.47 Å². The number of nitrogens with one attached hydrogen (secondary N) is 1. The summed E-state index contributed by atoms with van der Waals surface area (Å²) in [4.78, 5) is 0.637. The third kappa shape index (κ3) is 5.61. The zero-order valence-electron chi connectivity index (χ0n) is 15.2. The van der Waals surface area contributed by atoms with Crippen LogP contribution in [0.5, 0.6) is 11.5 Å². The molecule has 0 aliphatic rings. The van der Waals surface area contributed by atoms with Gasteiger partial charge < -0.3 is 14.8 Å². The molecule has 3 aromatic rings. The van der Waals surface area contributed by atoms with Crippen LogP contribution in [0, 0.1) is 0 Å². The van der Waals surface area contributed by atoms with Gasteiger partial charge in [0, 0.05) is 22.2 Å². The topological polar surface area (TPSA) is 30.5 Å². The number of ether oxygens (including phenoxy) is 2. The fraction of sp³-hybridized carbons (Fsp3) is 0.136. The van der Waals surface area contributed by atoms with E-state index in [0.29, 0.717) is 39.7 Å². The zero-order chi connectivity index (χ0) is 19.9. The van der Waals surface area contributed by atoms with Crippen molar-refractivity contribution >= 4 is 40.4 Å². The lowest BCUT2D eigenvalue weighted by molar-refractivity contribution is 0.284. The van der Waals surface area contributed by atoms with Gasteiger partial charge in [-0.15, -0.1) is 0 Å². The largest absolute Gasteiger partial charge is 0.493 e. The second kappa shape index (κ2) is 9.78. The van der Waals surface area contributed by atoms with Crippen molar-refractivity contribution in [2.24, 2.45) is 0 Å². The van der Waals surface area contributed by atoms with E-state index < -0.39 is 0 Å². The highest BCUT2D eigenvalue weighted by molar-refractivity contribution is 7.80. The van der Waals surface area contributed by atoms with Gasteiger partial charge in [0.1, 0.15) is 11.6 Å². The summed E-state index contributed by atoms with van der Waals surface area (Å²) in [5.41, 5.74) is 2.98. The van der Waals surface area contributed by atoms with Crippen LogP contribution in [0.4, 0.5) is 0 Å². The molecule has 0 saturated heterocycles. The molecule has 3 nitrogen and oxygen atoms in total. The van der Waals surface area contributed by atoms with Gasteiger partial charge in [-0.25, -0.2) is 0 Å². The Morgan fingerprint density at radius 3 is 2.07 bits per heavy atom. The van der Waals surface area contributed by atoms with E-state index in [1.165, 1.54) is 0 Å². The average molecular weight is 432 g/mol. The van der Waals surface area contributed by atoms with Crippen molar-refractivity contribution in [1.82, 2.24) is 5.32 Å². The van der Waals surface area contributed by atoms with Crippen molar-refractivity contribution in [1.29, 1.82) is 0 Å². The Kier molecular flexibility index (Phi) is 7.15. The van der Waals surface area contributed by atoms with Crippen LogP contribution in [0.2, 0.25) is 10.0 Å². The van der Waals surface area contributed by atoms with Crippen LogP contribution in [-0.2, 0) is 13.2 Å². The molecule has 0 heterocycles. The maximum atomic E-state index is 5.91. The lowest BCUT2D eigenvalue weighted by Gasteiger charge is -2.14. The van der Waals surface area contributed by atoms with Gasteiger partial charge in [-0.1, -0.05) is 59.7 Å². The number of hydrogen-bond acceptors (Lipinski definition) is 3. The summed E-state index contributed by atoms with van der Waals surface area (Å²) in [7, 11) is 1.61. The summed E-state index contributed by atoms with van der Waals surface area (Å²) in [6, 6.07) is 20.8. The SMILES string of the molecule is COc1cc(C(=S)NCc2ccc(Cl)cc2)ccc1OCc1ccc(Cl)cc1. The van der Waals surface area contributed by atoms with E-state index in [9.17, 15) is 0 Å². The van der Waals surface area contributed by atoms with Crippen molar-refractivity contribution in [3.8, 4) is 11.5 Å². The van der Waals surface area contributed by atoms with Crippen LogP contribution < -0.4 is 14.8 Å². The Morgan fingerprint density at radius 1 is 0.857 bits per heavy atom. The van der Waals surface area contributed by atoms with Crippen molar-refractivity contribution in [2.45, 2.75) is 13.2 Å². The molecule has 28 heavy (non-hydrogen) atoms. The van der Waals surface area contributed by atoms with E-state index in [4.69, 9.17) is 44.9 Å². The van der Waals surface area contributed by atoms with Crippen molar-refractivity contribution in [3.63, 3.8) is 0 Å². The van der Waals surface area contributed by atoms with Gasteiger partial charge in [0.05, 0.1) is 7.11 Å². The average Bonchev–Trinajstić information content (AvgIpc) is 2.72. The third-order valence-corrected chi connectivity index (χ3v) is 4.98. The molecule has 0 bridgehead atoms. The molecule has 1 N–H and O–H groups in total. The second-order valence-electron chi connectivity index (χ2n) is 6.09. The molecule has 3 rings (SSSR count). The summed E-state index contributed by atoms with van der Waals surface area (Å²) < 4.78 is 11.4. The number of thiocarbonyl (C=S) groups is 1. The van der Waals surface area contributed by atoms with E-state index in [2.05, 4.69) is 5.32 Å². The highest BCUT2D eigenvalue weighted by atomic mass is 35.5. The second-order valence-corrected chi connectivity index (χ2v) is 7.37. The molecule has 144 valence electrons. The standard InChI is InChI=1S/C22H19Cl2NO2S/c1-26-21-12-17(22(28)25-13-15-2-7-18(23)8-3-15)6-11-20(21)27-14-16-4-9-19(24)10-5-16/h2-12H,13-14H2,1H3,(H,25,28). The highest BCUT2D eigenvalue weighted by Crippen LogP contribution is 2.29. The van der Waals surface area contributed by atoms with Gasteiger partial charge in [0.25, 0.3) is 0 Å². The Morgan fingerprint density at radius 2 is 1.46 bits per heavy atom. The van der Waals surface area contributed by atoms with Crippen LogP contribution in [0.1, 0.15) is 16.7 Å². The first-order valence-corrected chi connectivity index (χ1v) is 9.79. The minimum Gasteiger partial charge on any atom is -0.493 e. The molecule has 0 atom stereocenters. The number of hydrogen-bond donors (Lipinski definition) is 1. The fourth-order valence-electron chi connectivity index (χ4n) is 2.56. The first-order chi connectivity index (χ1) is 13.5. The van der Waals surface area contributed by atoms with Gasteiger partial charge in [-0.3, -0.25) is 0 Å². The van der Waals surface area contributed by atoms with E-state index in [1.807, 2.05) is 66.7 Å². The number of methoxy groups -OCH3 is 1. The lowest BCUT2D eigenvalue weighted by atomic mass is 10.1. The smallest absolute Gasteiger partial charge is 0.161 e. The Labute approximate surface area is 180 Å². The summed E-state index contributed by atoms with van der Waals surface area (Å²) in [6.45, 7) is 1.04. The quantitative estimate of drug-likeness (QED) is 0.461. The van der Waals surface area contributed by atoms with Gasteiger partial charge in [0.2, 0.25) is 0 Å². The Balaban J connectivity index is 1.63. The van der Waals surface area contributed by atoms with E-state index >= 15 is 0 Å². The van der Waals surface area contributed by atoms with Gasteiger partial charge >= 0.3 is 0 Å². The normalized spacial score (nSPS) is 10.4. The first-order valence-electron chi connectivity index (χ1n) is 8.63. The fourth-order valence-corrected chi connectivity index (χ4v) is 3.01. The van der Waals surface area contributed by atoms with E-state index in [0.717, 1.165) is 16.7 Å². The molecule has 0 spiro atoms. The van der Waals surface area contributed by atoms with Gasteiger partial charge in [0.15, 0.2) is 11.5 Å². The lowest BCUT2D eigenvalue weighted by Crippen LogP contribution is -2.21. The van der Waals surface area contributed by atoms with Crippen LogP contribution >= 0.6 is 35.4 Å². The van der Waals surface area contributed by atoms with Crippen LogP contribution in [-0.4, -0.2) is 12.1 Å². The Bertz CT molecular complexity index is 944. The molecule has 0 aliphatic carbocycles. The summed E-state index contributed by atoms with van der Waals surface area (Å²) in [6.07, 6.45) is 0. The van der Waals surface area contributed by atoms with Crippen molar-refractivity contribution in [2.75, 3.05) is 7.11 Å². The monoisotopic (exact) mass is 431 g/mol. The van der Waals surface area contributed by atoms with Crippen molar-refractivity contribution in [3.05, 3.63) is 93.5 Å². The Hall–Kier alpha value is -2.27. The van der Waals surface area contributed by atoms with Crippen LogP contribution in [0.3, 0.4) is 0 Å². The molecule has 0 aliphatic heterocycles. The molecule has 0 amide bonds. The molecule has 3 aromatic carbocycles. The van der Waals surface area contributed by atoms with E-state index in [-0.39, 0.29) is 0 Å². The zero-order valence-corrected chi connectivity index (χ0v) is 17.6. The summed E-state index contributed by atoms with van der Waals surface area (Å²) >= 11 is 17.3. The minimum atomic E-state index is 0.423. The van der Waals surface area contributed by atoms with Gasteiger partial charge in [-0.2, -0.15) is 0 Å². The maximum Gasteiger partial charge on any atom is 0.161 e. The van der Waals surface area contributed by atoms with E-state index in [1.54, 1.807) is 7.11 Å². The predicted molar refractivity (Wildman–Crippen MR) is 119 cm³/mol. The molecule has 0 aromatic heterocycles. The molecule has 0 radical (unpaired) electrons. The van der Waals surface area contributed by atoms with Gasteiger partial charge in [-0.05, 0) is 53.6 Å². The maximum absolute atomic E-state index is 5.91. The molecular formula is C22H19Cl2NO2S. The highest BCUT2D eigenvalue weighted by Gasteiger charge is 2.09. The van der Waals surface area contributed by atoms with Crippen LogP contribution in [0.15, 0.2) is 66.7 Å². The molecule has 0 saturated carbocycles. The first kappa shape index (κ1) is 20.5. The number of benzene rings is 3. The van der Waals surface area contributed by atoms with Crippen LogP contribution in [0.25, 0.3) is 0 Å². The summed E-state index contributed by atoms with van der Waals surface area (Å²) in [5, 5.41) is 4.66. The number of rotatable bonds is 7. The molecular weight excluding hydrogens is 413 g/mol. The summed E-state index contributed by atoms with van der Waals surface area (Å²) in [5.74, 6) is 1.28. The number of halogens is 2. The third-order valence-electron chi connectivity index (χ3n) is 4.10. The molecule has 0 fully saturated rings. The molecule has 0 unspecified atom stereocenters.